The van der Waals surface area contributed by atoms with E-state index in [1.807, 2.05) is 5.38 Å². The highest BCUT2D eigenvalue weighted by molar-refractivity contribution is 7.07. The van der Waals surface area contributed by atoms with E-state index in [0.717, 1.165) is 0 Å². The number of aromatic nitrogens is 3. The molecular formula is C7H7N3OS. The summed E-state index contributed by atoms with van der Waals surface area (Å²) in [6.07, 6.45) is 4.75. The molecule has 5 heteroatoms. The second-order valence-corrected chi connectivity index (χ2v) is 2.52. The number of hydrogen-bond acceptors (Lipinski definition) is 4. The van der Waals surface area contributed by atoms with Crippen LogP contribution >= 0.6 is 11.3 Å². The summed E-state index contributed by atoms with van der Waals surface area (Å²) in [5, 5.41) is 1.93. The summed E-state index contributed by atoms with van der Waals surface area (Å²) < 4.78 is 0. The Kier molecular flexibility index (Phi) is 3.73. The molecule has 0 unspecified atom stereocenters. The van der Waals surface area contributed by atoms with Crippen LogP contribution in [0.25, 0.3) is 0 Å². The van der Waals surface area contributed by atoms with E-state index in [9.17, 15) is 4.79 Å². The lowest BCUT2D eigenvalue weighted by Crippen LogP contribution is -2.05. The van der Waals surface area contributed by atoms with Crippen LogP contribution in [0.1, 0.15) is 0 Å². The van der Waals surface area contributed by atoms with Crippen LogP contribution in [0, 0.1) is 0 Å². The molecule has 4 nitrogen and oxygen atoms in total. The summed E-state index contributed by atoms with van der Waals surface area (Å²) >= 11 is 1.60. The van der Waals surface area contributed by atoms with Gasteiger partial charge in [-0.25, -0.2) is 9.78 Å². The molecule has 0 spiro atoms. The Bertz CT molecular complexity index is 309. The lowest BCUT2D eigenvalue weighted by Gasteiger charge is -1.72. The fourth-order valence-corrected chi connectivity index (χ4v) is 0.837. The van der Waals surface area contributed by atoms with Crippen molar-refractivity contribution < 1.29 is 0 Å². The molecule has 2 heterocycles. The molecule has 0 aliphatic heterocycles. The third-order valence-electron chi connectivity index (χ3n) is 0.928. The molecule has 0 saturated heterocycles. The zero-order chi connectivity index (χ0) is 8.65. The highest BCUT2D eigenvalue weighted by Crippen LogP contribution is 1.85. The molecule has 0 saturated carbocycles. The van der Waals surface area contributed by atoms with Crippen LogP contribution in [-0.4, -0.2) is 15.0 Å². The minimum absolute atomic E-state index is 0.303. The molecule has 0 amide bonds. The largest absolute Gasteiger partial charge is 0.344 e. The number of hydrogen-bond donors (Lipinski definition) is 1. The molecule has 2 rings (SSSR count). The number of rotatable bonds is 0. The van der Waals surface area contributed by atoms with Gasteiger partial charge in [0.25, 0.3) is 0 Å². The van der Waals surface area contributed by atoms with Crippen LogP contribution < -0.4 is 5.69 Å². The van der Waals surface area contributed by atoms with Crippen molar-refractivity contribution in [3.63, 3.8) is 0 Å². The molecular weight excluding hydrogens is 174 g/mol. The van der Waals surface area contributed by atoms with Gasteiger partial charge in [-0.15, -0.1) is 11.3 Å². The van der Waals surface area contributed by atoms with Gasteiger partial charge in [-0.2, -0.15) is 0 Å². The van der Waals surface area contributed by atoms with E-state index in [4.69, 9.17) is 0 Å². The first-order valence-corrected chi connectivity index (χ1v) is 4.16. The van der Waals surface area contributed by atoms with Crippen molar-refractivity contribution in [1.29, 1.82) is 0 Å². The fraction of sp³-hybridized carbons (Fsp3) is 0. The van der Waals surface area contributed by atoms with Crippen LogP contribution in [0.2, 0.25) is 0 Å². The van der Waals surface area contributed by atoms with Crippen molar-refractivity contribution in [2.45, 2.75) is 0 Å². The summed E-state index contributed by atoms with van der Waals surface area (Å²) in [5.41, 5.74) is 1.49. The maximum absolute atomic E-state index is 10.1. The minimum atomic E-state index is -0.303. The maximum Gasteiger partial charge on any atom is 0.344 e. The summed E-state index contributed by atoms with van der Waals surface area (Å²) in [6, 6.07) is 1.65. The van der Waals surface area contributed by atoms with Crippen molar-refractivity contribution in [2.75, 3.05) is 0 Å². The third-order valence-corrected chi connectivity index (χ3v) is 1.45. The average molecular weight is 181 g/mol. The van der Waals surface area contributed by atoms with Crippen molar-refractivity contribution >= 4 is 11.3 Å². The molecule has 62 valence electrons. The van der Waals surface area contributed by atoms with Crippen molar-refractivity contribution in [1.82, 2.24) is 15.0 Å². The SMILES string of the molecule is O=c1nccc[nH]1.c1cscn1. The molecule has 0 atom stereocenters. The number of H-pyrrole nitrogens is 1. The molecule has 2 aromatic rings. The van der Waals surface area contributed by atoms with Gasteiger partial charge in [0.05, 0.1) is 5.51 Å². The number of thiazole rings is 1. The van der Waals surface area contributed by atoms with Gasteiger partial charge in [0.1, 0.15) is 0 Å². The van der Waals surface area contributed by atoms with Crippen LogP contribution in [-0.2, 0) is 0 Å². The second-order valence-electron chi connectivity index (χ2n) is 1.76. The van der Waals surface area contributed by atoms with Crippen molar-refractivity contribution in [3.05, 3.63) is 46.0 Å². The van der Waals surface area contributed by atoms with Gasteiger partial charge in [0, 0.05) is 24.0 Å². The third kappa shape index (κ3) is 3.62. The van der Waals surface area contributed by atoms with Gasteiger partial charge in [-0.1, -0.05) is 0 Å². The molecule has 0 aliphatic carbocycles. The quantitative estimate of drug-likeness (QED) is 0.657. The summed E-state index contributed by atoms with van der Waals surface area (Å²) in [5.74, 6) is 0. The predicted octanol–water partition coefficient (Wildman–Crippen LogP) is 0.913. The average Bonchev–Trinajstić information content (AvgIpc) is 2.62. The van der Waals surface area contributed by atoms with Gasteiger partial charge < -0.3 is 4.98 Å². The first-order valence-electron chi connectivity index (χ1n) is 3.21. The molecule has 1 N–H and O–H groups in total. The van der Waals surface area contributed by atoms with Crippen molar-refractivity contribution in [3.8, 4) is 0 Å². The first-order chi connectivity index (χ1) is 5.89. The Morgan fingerprint density at radius 1 is 1.42 bits per heavy atom. The van der Waals surface area contributed by atoms with Crippen LogP contribution in [0.3, 0.4) is 0 Å². The second kappa shape index (κ2) is 5.20. The smallest absolute Gasteiger partial charge is 0.313 e. The van der Waals surface area contributed by atoms with Gasteiger partial charge >= 0.3 is 5.69 Å². The van der Waals surface area contributed by atoms with E-state index in [-0.39, 0.29) is 5.69 Å². The molecule has 0 aliphatic rings. The number of nitrogens with one attached hydrogen (secondary N) is 1. The van der Waals surface area contributed by atoms with E-state index in [1.54, 1.807) is 29.1 Å². The first kappa shape index (κ1) is 8.61. The minimum Gasteiger partial charge on any atom is -0.313 e. The van der Waals surface area contributed by atoms with E-state index in [0.29, 0.717) is 0 Å². The van der Waals surface area contributed by atoms with Crippen LogP contribution in [0.15, 0.2) is 40.3 Å². The standard InChI is InChI=1S/C4H4N2O.C3H3NS/c7-4-5-2-1-3-6-4;1-2-5-3-4-1/h1-3H,(H,5,6,7);1-3H. The summed E-state index contributed by atoms with van der Waals surface area (Å²) in [4.78, 5) is 19.6. The predicted molar refractivity (Wildman–Crippen MR) is 47.0 cm³/mol. The van der Waals surface area contributed by atoms with Gasteiger partial charge in [0.15, 0.2) is 0 Å². The van der Waals surface area contributed by atoms with Gasteiger partial charge in [0.2, 0.25) is 0 Å². The number of nitrogens with zero attached hydrogens (tertiary/aromatic N) is 2. The molecule has 12 heavy (non-hydrogen) atoms. The van der Waals surface area contributed by atoms with Gasteiger partial charge in [-0.05, 0) is 6.07 Å². The zero-order valence-electron chi connectivity index (χ0n) is 6.18. The molecule has 0 radical (unpaired) electrons. The van der Waals surface area contributed by atoms with Crippen LogP contribution in [0.5, 0.6) is 0 Å². The van der Waals surface area contributed by atoms with E-state index in [2.05, 4.69) is 15.0 Å². The topological polar surface area (TPSA) is 58.6 Å². The Balaban J connectivity index is 0.000000127. The molecule has 2 aromatic heterocycles. The fourth-order valence-electron chi connectivity index (χ4n) is 0.486. The lowest BCUT2D eigenvalue weighted by molar-refractivity contribution is 1.08. The van der Waals surface area contributed by atoms with Crippen molar-refractivity contribution in [2.24, 2.45) is 0 Å². The molecule has 0 aromatic carbocycles. The Morgan fingerprint density at radius 3 is 2.58 bits per heavy atom. The highest BCUT2D eigenvalue weighted by Gasteiger charge is 1.70. The van der Waals surface area contributed by atoms with Gasteiger partial charge in [-0.3, -0.25) is 4.98 Å². The molecule has 0 fully saturated rings. The Hall–Kier alpha value is -1.49. The summed E-state index contributed by atoms with van der Waals surface area (Å²) in [7, 11) is 0. The Morgan fingerprint density at radius 2 is 2.33 bits per heavy atom. The van der Waals surface area contributed by atoms with E-state index < -0.39 is 0 Å². The van der Waals surface area contributed by atoms with Crippen LogP contribution in [0.4, 0.5) is 0 Å². The normalized spacial score (nSPS) is 8.33. The summed E-state index contributed by atoms with van der Waals surface area (Å²) in [6.45, 7) is 0. The zero-order valence-corrected chi connectivity index (χ0v) is 6.99. The molecule has 0 bridgehead atoms. The number of aromatic amines is 1. The van der Waals surface area contributed by atoms with E-state index in [1.165, 1.54) is 12.4 Å². The van der Waals surface area contributed by atoms with E-state index >= 15 is 0 Å². The highest BCUT2D eigenvalue weighted by atomic mass is 32.1. The monoisotopic (exact) mass is 181 g/mol. The lowest BCUT2D eigenvalue weighted by atomic mass is 10.7. The maximum atomic E-state index is 10.1. The Labute approximate surface area is 73.0 Å².